The van der Waals surface area contributed by atoms with Gasteiger partial charge < -0.3 is 10.4 Å². The van der Waals surface area contributed by atoms with Crippen LogP contribution in [0.4, 0.5) is 5.69 Å². The van der Waals surface area contributed by atoms with E-state index in [9.17, 15) is 4.79 Å². The minimum absolute atomic E-state index is 0.378. The van der Waals surface area contributed by atoms with Crippen LogP contribution in [0.3, 0.4) is 0 Å². The number of hydrogen-bond acceptors (Lipinski definition) is 3. The van der Waals surface area contributed by atoms with Crippen LogP contribution in [0, 0.1) is 6.92 Å². The molecule has 0 bridgehead atoms. The van der Waals surface area contributed by atoms with E-state index in [4.69, 9.17) is 5.11 Å². The second kappa shape index (κ2) is 5.61. The van der Waals surface area contributed by atoms with Crippen molar-refractivity contribution < 1.29 is 9.90 Å². The molecule has 19 heavy (non-hydrogen) atoms. The fourth-order valence-electron chi connectivity index (χ4n) is 2.62. The molecule has 1 atom stereocenters. The third-order valence-electron chi connectivity index (χ3n) is 3.87. The molecule has 1 heterocycles. The van der Waals surface area contributed by atoms with Crippen molar-refractivity contribution in [2.75, 3.05) is 18.4 Å². The Balaban J connectivity index is 2.08. The predicted molar refractivity (Wildman–Crippen MR) is 76.9 cm³/mol. The van der Waals surface area contributed by atoms with Gasteiger partial charge in [0.25, 0.3) is 0 Å². The SMILES string of the molecule is Cc1c(NC2CCN(C(C)C)C2)cccc1C(=O)O. The van der Waals surface area contributed by atoms with Gasteiger partial charge in [0.1, 0.15) is 0 Å². The highest BCUT2D eigenvalue weighted by atomic mass is 16.4. The Kier molecular flexibility index (Phi) is 4.10. The maximum atomic E-state index is 11.1. The number of benzene rings is 1. The maximum absolute atomic E-state index is 11.1. The van der Waals surface area contributed by atoms with Gasteiger partial charge in [-0.05, 0) is 44.9 Å². The van der Waals surface area contributed by atoms with Gasteiger partial charge in [-0.2, -0.15) is 0 Å². The molecule has 1 unspecified atom stereocenters. The van der Waals surface area contributed by atoms with Gasteiger partial charge in [0, 0.05) is 30.9 Å². The van der Waals surface area contributed by atoms with Gasteiger partial charge >= 0.3 is 5.97 Å². The Hall–Kier alpha value is -1.55. The molecule has 2 rings (SSSR count). The van der Waals surface area contributed by atoms with Crippen LogP contribution >= 0.6 is 0 Å². The lowest BCUT2D eigenvalue weighted by atomic mass is 10.1. The fourth-order valence-corrected chi connectivity index (χ4v) is 2.62. The molecule has 4 heteroatoms. The number of carboxylic acids is 1. The predicted octanol–water partition coefficient (Wildman–Crippen LogP) is 2.59. The molecule has 1 aromatic carbocycles. The van der Waals surface area contributed by atoms with E-state index in [1.54, 1.807) is 12.1 Å². The summed E-state index contributed by atoms with van der Waals surface area (Å²) >= 11 is 0. The Morgan fingerprint density at radius 1 is 1.47 bits per heavy atom. The number of aromatic carboxylic acids is 1. The zero-order valence-electron chi connectivity index (χ0n) is 11.8. The van der Waals surface area contributed by atoms with Gasteiger partial charge in [0.2, 0.25) is 0 Å². The van der Waals surface area contributed by atoms with Gasteiger partial charge in [-0.3, -0.25) is 4.90 Å². The third-order valence-corrected chi connectivity index (χ3v) is 3.87. The number of nitrogens with zero attached hydrogens (tertiary/aromatic N) is 1. The Morgan fingerprint density at radius 3 is 2.79 bits per heavy atom. The van der Waals surface area contributed by atoms with Crippen LogP contribution in [0.25, 0.3) is 0 Å². The topological polar surface area (TPSA) is 52.6 Å². The lowest BCUT2D eigenvalue weighted by Gasteiger charge is -2.21. The molecule has 1 aromatic rings. The molecule has 4 nitrogen and oxygen atoms in total. The average molecular weight is 262 g/mol. The molecular formula is C15H22N2O2. The van der Waals surface area contributed by atoms with Gasteiger partial charge in [0.15, 0.2) is 0 Å². The summed E-state index contributed by atoms with van der Waals surface area (Å²) in [5, 5.41) is 12.6. The second-order valence-electron chi connectivity index (χ2n) is 5.50. The highest BCUT2D eigenvalue weighted by Gasteiger charge is 2.24. The summed E-state index contributed by atoms with van der Waals surface area (Å²) in [6.45, 7) is 8.40. The minimum atomic E-state index is -0.864. The summed E-state index contributed by atoms with van der Waals surface area (Å²) in [5.41, 5.74) is 2.14. The summed E-state index contributed by atoms with van der Waals surface area (Å²) in [5.74, 6) is -0.864. The van der Waals surface area contributed by atoms with E-state index in [1.807, 2.05) is 13.0 Å². The lowest BCUT2D eigenvalue weighted by molar-refractivity contribution is 0.0696. The molecule has 2 N–H and O–H groups in total. The summed E-state index contributed by atoms with van der Waals surface area (Å²) < 4.78 is 0. The Labute approximate surface area is 114 Å². The van der Waals surface area contributed by atoms with E-state index in [2.05, 4.69) is 24.1 Å². The number of carbonyl (C=O) groups is 1. The monoisotopic (exact) mass is 262 g/mol. The number of nitrogens with one attached hydrogen (secondary N) is 1. The lowest BCUT2D eigenvalue weighted by Crippen LogP contribution is -2.31. The van der Waals surface area contributed by atoms with Crippen LogP contribution in [-0.2, 0) is 0 Å². The molecule has 0 amide bonds. The minimum Gasteiger partial charge on any atom is -0.478 e. The van der Waals surface area contributed by atoms with Crippen molar-refractivity contribution in [2.45, 2.75) is 39.3 Å². The zero-order valence-corrected chi connectivity index (χ0v) is 11.8. The largest absolute Gasteiger partial charge is 0.478 e. The first kappa shape index (κ1) is 13.9. The van der Waals surface area contributed by atoms with Crippen molar-refractivity contribution in [3.63, 3.8) is 0 Å². The van der Waals surface area contributed by atoms with Crippen LogP contribution in [0.15, 0.2) is 18.2 Å². The molecule has 0 aliphatic carbocycles. The molecule has 0 saturated carbocycles. The fraction of sp³-hybridized carbons (Fsp3) is 0.533. The Morgan fingerprint density at radius 2 is 2.21 bits per heavy atom. The summed E-state index contributed by atoms with van der Waals surface area (Å²) in [4.78, 5) is 13.6. The third kappa shape index (κ3) is 3.07. The first-order valence-electron chi connectivity index (χ1n) is 6.82. The van der Waals surface area contributed by atoms with Crippen LogP contribution in [-0.4, -0.2) is 41.1 Å². The molecule has 1 saturated heterocycles. The number of hydrogen-bond donors (Lipinski definition) is 2. The van der Waals surface area contributed by atoms with Gasteiger partial charge in [-0.1, -0.05) is 6.07 Å². The summed E-state index contributed by atoms with van der Waals surface area (Å²) in [6, 6.07) is 6.38. The second-order valence-corrected chi connectivity index (χ2v) is 5.50. The van der Waals surface area contributed by atoms with Crippen LogP contribution in [0.2, 0.25) is 0 Å². The molecule has 1 aliphatic heterocycles. The van der Waals surface area contributed by atoms with Crippen LogP contribution < -0.4 is 5.32 Å². The first-order chi connectivity index (χ1) is 8.99. The Bertz CT molecular complexity index is 471. The van der Waals surface area contributed by atoms with Gasteiger partial charge in [-0.15, -0.1) is 0 Å². The molecule has 0 radical (unpaired) electrons. The van der Waals surface area contributed by atoms with Crippen molar-refractivity contribution >= 4 is 11.7 Å². The highest BCUT2D eigenvalue weighted by Crippen LogP contribution is 2.23. The molecular weight excluding hydrogens is 240 g/mol. The molecule has 1 fully saturated rings. The normalized spacial score (nSPS) is 19.9. The van der Waals surface area contributed by atoms with Crippen molar-refractivity contribution in [1.82, 2.24) is 4.90 Å². The number of rotatable bonds is 4. The average Bonchev–Trinajstić information content (AvgIpc) is 2.80. The van der Waals surface area contributed by atoms with Crippen molar-refractivity contribution in [3.05, 3.63) is 29.3 Å². The highest BCUT2D eigenvalue weighted by molar-refractivity contribution is 5.91. The number of carboxylic acid groups (broad SMARTS) is 1. The van der Waals surface area contributed by atoms with Gasteiger partial charge in [-0.25, -0.2) is 4.79 Å². The quantitative estimate of drug-likeness (QED) is 0.875. The van der Waals surface area contributed by atoms with Crippen LogP contribution in [0.5, 0.6) is 0 Å². The van der Waals surface area contributed by atoms with E-state index < -0.39 is 5.97 Å². The summed E-state index contributed by atoms with van der Waals surface area (Å²) in [7, 11) is 0. The maximum Gasteiger partial charge on any atom is 0.336 e. The summed E-state index contributed by atoms with van der Waals surface area (Å²) in [6.07, 6.45) is 1.11. The standard InChI is InChI=1S/C15H22N2O2/c1-10(2)17-8-7-12(9-17)16-14-6-4-5-13(11(14)3)15(18)19/h4-6,10,12,16H,7-9H2,1-3H3,(H,18,19). The zero-order chi connectivity index (χ0) is 14.0. The van der Waals surface area contributed by atoms with Crippen molar-refractivity contribution in [2.24, 2.45) is 0 Å². The van der Waals surface area contributed by atoms with E-state index in [0.717, 1.165) is 30.8 Å². The van der Waals surface area contributed by atoms with Crippen LogP contribution in [0.1, 0.15) is 36.2 Å². The smallest absolute Gasteiger partial charge is 0.336 e. The molecule has 0 aromatic heterocycles. The number of likely N-dealkylation sites (tertiary alicyclic amines) is 1. The van der Waals surface area contributed by atoms with E-state index >= 15 is 0 Å². The van der Waals surface area contributed by atoms with E-state index in [0.29, 0.717) is 17.6 Å². The van der Waals surface area contributed by atoms with Crippen molar-refractivity contribution in [1.29, 1.82) is 0 Å². The van der Waals surface area contributed by atoms with E-state index in [-0.39, 0.29) is 0 Å². The van der Waals surface area contributed by atoms with E-state index in [1.165, 1.54) is 0 Å². The molecule has 104 valence electrons. The first-order valence-corrected chi connectivity index (χ1v) is 6.82. The van der Waals surface area contributed by atoms with Crippen molar-refractivity contribution in [3.8, 4) is 0 Å². The molecule has 0 spiro atoms. The number of anilines is 1. The molecule has 1 aliphatic rings. The van der Waals surface area contributed by atoms with Gasteiger partial charge in [0.05, 0.1) is 5.56 Å².